The van der Waals surface area contributed by atoms with Crippen molar-refractivity contribution in [2.75, 3.05) is 99.7 Å². The zero-order valence-corrected chi connectivity index (χ0v) is 35.5. The molecule has 16 heteroatoms. The van der Waals surface area contributed by atoms with Crippen molar-refractivity contribution in [2.45, 2.75) is 134 Å². The number of nitrogens with zero attached hydrogens (tertiary/aromatic N) is 1. The standard InChI is InChI=1S/C41H78N6O10/c1-4-25-54-31-35-29-36(49)30-47(35)40(53)17-12-10-8-6-5-7-9-11-16-39(52)46-41(32-55-26-15-24-48,33-56-27-18-37(50)44-22-13-20-42-2)34-57-28-19-38(51)45-23-14-21-43-3/h24,35-36,42-43,49H,4-23,25-34H2,1-3H3,(H,44,50)(H,45,51)(H,46,52)/t35?,36-/m1/s1. The smallest absolute Gasteiger partial charge is 0.222 e. The minimum atomic E-state index is -1.09. The number of unbranched alkanes of at least 4 members (excludes halogenated alkanes) is 7. The molecule has 6 N–H and O–H groups in total. The maximum absolute atomic E-state index is 13.3. The Morgan fingerprint density at radius 2 is 1.19 bits per heavy atom. The fraction of sp³-hybridized carbons (Fsp3) is 0.878. The lowest BCUT2D eigenvalue weighted by Crippen LogP contribution is -2.58. The van der Waals surface area contributed by atoms with Gasteiger partial charge in [0.1, 0.15) is 11.8 Å². The summed E-state index contributed by atoms with van der Waals surface area (Å²) >= 11 is 0. The normalized spacial score (nSPS) is 15.5. The van der Waals surface area contributed by atoms with Crippen LogP contribution in [0.5, 0.6) is 0 Å². The molecule has 1 unspecified atom stereocenters. The third kappa shape index (κ3) is 27.6. The van der Waals surface area contributed by atoms with Crippen LogP contribution >= 0.6 is 0 Å². The molecule has 1 saturated heterocycles. The van der Waals surface area contributed by atoms with Crippen molar-refractivity contribution in [1.82, 2.24) is 31.5 Å². The Morgan fingerprint density at radius 1 is 0.667 bits per heavy atom. The van der Waals surface area contributed by atoms with E-state index in [-0.39, 0.29) is 88.6 Å². The number of hydrogen-bond acceptors (Lipinski definition) is 12. The Labute approximate surface area is 342 Å². The number of ether oxygens (including phenoxy) is 4. The van der Waals surface area contributed by atoms with Crippen molar-refractivity contribution in [3.63, 3.8) is 0 Å². The van der Waals surface area contributed by atoms with Gasteiger partial charge in [0.25, 0.3) is 0 Å². The molecular formula is C41H78N6O10. The summed E-state index contributed by atoms with van der Waals surface area (Å²) in [6.45, 7) is 6.80. The lowest BCUT2D eigenvalue weighted by atomic mass is 10.0. The summed E-state index contributed by atoms with van der Waals surface area (Å²) in [6.07, 6.45) is 12.3. The van der Waals surface area contributed by atoms with Gasteiger partial charge in [-0.05, 0) is 65.7 Å². The molecule has 1 fully saturated rings. The molecule has 0 spiro atoms. The number of carbonyl (C=O) groups excluding carboxylic acids is 5. The van der Waals surface area contributed by atoms with Gasteiger partial charge in [-0.2, -0.15) is 0 Å². The van der Waals surface area contributed by atoms with Crippen molar-refractivity contribution in [2.24, 2.45) is 0 Å². The molecule has 0 aliphatic carbocycles. The largest absolute Gasteiger partial charge is 0.391 e. The molecule has 16 nitrogen and oxygen atoms in total. The lowest BCUT2D eigenvalue weighted by Gasteiger charge is -2.34. The van der Waals surface area contributed by atoms with Crippen LogP contribution in [0, 0.1) is 0 Å². The zero-order valence-electron chi connectivity index (χ0n) is 35.5. The molecule has 2 atom stereocenters. The van der Waals surface area contributed by atoms with E-state index in [1.54, 1.807) is 4.90 Å². The fourth-order valence-corrected chi connectivity index (χ4v) is 6.50. The minimum Gasteiger partial charge on any atom is -0.391 e. The van der Waals surface area contributed by atoms with Gasteiger partial charge < -0.3 is 60.3 Å². The number of hydrogen-bond donors (Lipinski definition) is 6. The van der Waals surface area contributed by atoms with E-state index in [4.69, 9.17) is 18.9 Å². The second kappa shape index (κ2) is 35.2. The number of likely N-dealkylation sites (tertiary alicyclic amines) is 1. The van der Waals surface area contributed by atoms with Gasteiger partial charge in [-0.25, -0.2) is 0 Å². The Balaban J connectivity index is 2.56. The molecule has 332 valence electrons. The third-order valence-electron chi connectivity index (χ3n) is 9.63. The van der Waals surface area contributed by atoms with E-state index in [0.29, 0.717) is 58.5 Å². The van der Waals surface area contributed by atoms with Crippen LogP contribution in [0.4, 0.5) is 0 Å². The second-order valence-electron chi connectivity index (χ2n) is 15.0. The van der Waals surface area contributed by atoms with E-state index in [1.165, 1.54) is 0 Å². The van der Waals surface area contributed by atoms with Gasteiger partial charge in [-0.3, -0.25) is 19.2 Å². The molecule has 1 aliphatic rings. The molecule has 0 aromatic rings. The van der Waals surface area contributed by atoms with E-state index in [0.717, 1.165) is 83.6 Å². The fourth-order valence-electron chi connectivity index (χ4n) is 6.50. The highest BCUT2D eigenvalue weighted by Gasteiger charge is 2.35. The molecule has 1 rings (SSSR count). The molecule has 0 radical (unpaired) electrons. The molecular weight excluding hydrogens is 736 g/mol. The Morgan fingerprint density at radius 3 is 1.72 bits per heavy atom. The predicted octanol–water partition coefficient (Wildman–Crippen LogP) is 2.00. The first-order valence-electron chi connectivity index (χ1n) is 21.6. The van der Waals surface area contributed by atoms with E-state index >= 15 is 0 Å². The summed E-state index contributed by atoms with van der Waals surface area (Å²) in [7, 11) is 3.71. The van der Waals surface area contributed by atoms with Crippen molar-refractivity contribution in [3.8, 4) is 0 Å². The Kier molecular flexibility index (Phi) is 32.3. The van der Waals surface area contributed by atoms with E-state index in [2.05, 4.69) is 26.6 Å². The van der Waals surface area contributed by atoms with Crippen LogP contribution in [0.3, 0.4) is 0 Å². The Bertz CT molecular complexity index is 1040. The summed E-state index contributed by atoms with van der Waals surface area (Å²) in [5, 5.41) is 25.0. The van der Waals surface area contributed by atoms with Gasteiger partial charge in [0, 0.05) is 58.3 Å². The minimum absolute atomic E-state index is 0.0165. The van der Waals surface area contributed by atoms with Crippen LogP contribution in [0.15, 0.2) is 0 Å². The monoisotopic (exact) mass is 815 g/mol. The average Bonchev–Trinajstić information content (AvgIpc) is 3.57. The number of aldehydes is 1. The number of nitrogens with one attached hydrogen (secondary N) is 5. The molecule has 0 bridgehead atoms. The lowest BCUT2D eigenvalue weighted by molar-refractivity contribution is -0.133. The van der Waals surface area contributed by atoms with Gasteiger partial charge in [-0.1, -0.05) is 45.4 Å². The number of rotatable bonds is 39. The molecule has 0 saturated carbocycles. The van der Waals surface area contributed by atoms with Crippen molar-refractivity contribution in [1.29, 1.82) is 0 Å². The molecule has 1 aliphatic heterocycles. The number of aliphatic hydroxyl groups excluding tert-OH is 1. The second-order valence-corrected chi connectivity index (χ2v) is 15.0. The van der Waals surface area contributed by atoms with E-state index in [1.807, 2.05) is 21.0 Å². The molecule has 0 aromatic carbocycles. The number of aliphatic hydroxyl groups is 1. The van der Waals surface area contributed by atoms with Gasteiger partial charge >= 0.3 is 0 Å². The number of β-amino-alcohol motifs (C(OH)–C–C–N with tert-alkyl or cyclic N) is 1. The third-order valence-corrected chi connectivity index (χ3v) is 9.63. The van der Waals surface area contributed by atoms with Crippen LogP contribution < -0.4 is 26.6 Å². The van der Waals surface area contributed by atoms with Crippen LogP contribution in [-0.4, -0.2) is 157 Å². The first-order chi connectivity index (χ1) is 27.7. The van der Waals surface area contributed by atoms with Gasteiger partial charge in [0.15, 0.2) is 0 Å². The first kappa shape index (κ1) is 52.3. The van der Waals surface area contributed by atoms with Crippen molar-refractivity contribution < 1.29 is 48.0 Å². The highest BCUT2D eigenvalue weighted by molar-refractivity contribution is 5.77. The van der Waals surface area contributed by atoms with Crippen molar-refractivity contribution >= 4 is 29.9 Å². The van der Waals surface area contributed by atoms with Gasteiger partial charge in [0.2, 0.25) is 23.6 Å². The van der Waals surface area contributed by atoms with Gasteiger partial charge in [-0.15, -0.1) is 0 Å². The van der Waals surface area contributed by atoms with Crippen LogP contribution in [-0.2, 0) is 42.9 Å². The highest BCUT2D eigenvalue weighted by atomic mass is 16.5. The summed E-state index contributed by atoms with van der Waals surface area (Å²) in [5.74, 6) is -0.338. The van der Waals surface area contributed by atoms with E-state index < -0.39 is 11.6 Å². The maximum atomic E-state index is 13.3. The predicted molar refractivity (Wildman–Crippen MR) is 220 cm³/mol. The summed E-state index contributed by atoms with van der Waals surface area (Å²) in [4.78, 5) is 63.4. The Hall–Kier alpha value is -2.73. The highest BCUT2D eigenvalue weighted by Crippen LogP contribution is 2.21. The van der Waals surface area contributed by atoms with Crippen LogP contribution in [0.25, 0.3) is 0 Å². The van der Waals surface area contributed by atoms with Crippen LogP contribution in [0.1, 0.15) is 116 Å². The van der Waals surface area contributed by atoms with E-state index in [9.17, 15) is 29.1 Å². The molecule has 4 amide bonds. The zero-order chi connectivity index (χ0) is 41.8. The SMILES string of the molecule is CCCOCC1C[C@@H](O)CN1C(=O)CCCCCCCCCCC(=O)NC(COCCC=O)(COCCC(=O)NCCCNC)COCCC(=O)NCCCNC. The first-order valence-corrected chi connectivity index (χ1v) is 21.6. The quantitative estimate of drug-likeness (QED) is 0.0390. The average molecular weight is 815 g/mol. The topological polar surface area (TPSA) is 206 Å². The molecule has 57 heavy (non-hydrogen) atoms. The summed E-state index contributed by atoms with van der Waals surface area (Å²) < 4.78 is 23.3. The molecule has 0 aromatic heterocycles. The van der Waals surface area contributed by atoms with Gasteiger partial charge in [0.05, 0.1) is 58.4 Å². The van der Waals surface area contributed by atoms with Crippen LogP contribution in [0.2, 0.25) is 0 Å². The number of amides is 4. The summed E-state index contributed by atoms with van der Waals surface area (Å²) in [6, 6.07) is -0.0355. The molecule has 1 heterocycles. The maximum Gasteiger partial charge on any atom is 0.222 e. The summed E-state index contributed by atoms with van der Waals surface area (Å²) in [5.41, 5.74) is -1.09. The number of carbonyl (C=O) groups is 5. The van der Waals surface area contributed by atoms with Crippen molar-refractivity contribution in [3.05, 3.63) is 0 Å².